The van der Waals surface area contributed by atoms with Crippen molar-refractivity contribution in [1.29, 1.82) is 10.5 Å². The Labute approximate surface area is 387 Å². The zero-order chi connectivity index (χ0) is 47.3. The Bertz CT molecular complexity index is 3310. The van der Waals surface area contributed by atoms with Gasteiger partial charge < -0.3 is 22.1 Å². The fraction of sp³-hybridized carbons (Fsp3) is 0.0800. The fourth-order valence-electron chi connectivity index (χ4n) is 7.71. The van der Waals surface area contributed by atoms with Gasteiger partial charge >= 0.3 is 0 Å². The number of nitrogen functional groups attached to an aromatic ring is 2. The van der Waals surface area contributed by atoms with Crippen molar-refractivity contribution >= 4 is 45.3 Å². The Kier molecular flexibility index (Phi) is 12.0. The van der Waals surface area contributed by atoms with E-state index in [9.17, 15) is 19.3 Å². The summed E-state index contributed by atoms with van der Waals surface area (Å²) in [5.74, 6) is 1.27. The number of nitrogens with two attached hydrogens (primary N) is 2. The maximum absolute atomic E-state index is 14.2. The van der Waals surface area contributed by atoms with Crippen LogP contribution in [0, 0.1) is 34.3 Å². The van der Waals surface area contributed by atoms with Crippen LogP contribution in [0.3, 0.4) is 0 Å². The molecule has 0 saturated carbocycles. The number of anilines is 4. The molecule has 0 amide bonds. The van der Waals surface area contributed by atoms with Crippen LogP contribution in [-0.4, -0.2) is 49.0 Å². The van der Waals surface area contributed by atoms with Gasteiger partial charge in [-0.2, -0.15) is 10.5 Å². The molecule has 2 atom stereocenters. The Hall–Kier alpha value is -9.68. The van der Waals surface area contributed by atoms with Crippen LogP contribution in [0.2, 0.25) is 0 Å². The lowest BCUT2D eigenvalue weighted by Crippen LogP contribution is -2.15. The summed E-state index contributed by atoms with van der Waals surface area (Å²) < 4.78 is 32.3. The van der Waals surface area contributed by atoms with Gasteiger partial charge in [0.05, 0.1) is 45.5 Å². The lowest BCUT2D eigenvalue weighted by molar-refractivity contribution is 0.628. The molecule has 10 rings (SSSR count). The standard InChI is InChI=1S/2C25H19FN8/c2*1-15(32-24-19(13-27)23(28)30-14-31-24)25-33-21-9-8-17(26)12-22(21)34(25)18-6-4-5-16(11-18)20-7-2-3-10-29-20/h2*2-12,14-15H,1H3,(H3,28,30,31,32)/t2*15-/m10/s1. The number of hydrogen-bond acceptors (Lipinski definition) is 14. The van der Waals surface area contributed by atoms with Gasteiger partial charge in [0, 0.05) is 47.0 Å². The van der Waals surface area contributed by atoms with Gasteiger partial charge in [-0.25, -0.2) is 38.7 Å². The summed E-state index contributed by atoms with van der Waals surface area (Å²) in [5, 5.41) is 25.4. The van der Waals surface area contributed by atoms with Crippen LogP contribution >= 0.6 is 0 Å². The Morgan fingerprint density at radius 1 is 0.529 bits per heavy atom. The minimum atomic E-state index is -0.407. The number of fused-ring (bicyclic) bond motifs is 2. The highest BCUT2D eigenvalue weighted by molar-refractivity contribution is 5.81. The molecule has 6 heterocycles. The number of pyridine rings is 2. The number of rotatable bonds is 10. The Morgan fingerprint density at radius 3 is 1.37 bits per heavy atom. The van der Waals surface area contributed by atoms with Crippen LogP contribution in [0.5, 0.6) is 0 Å². The third-order valence-electron chi connectivity index (χ3n) is 10.9. The van der Waals surface area contributed by atoms with E-state index in [1.165, 1.54) is 36.9 Å². The Balaban J connectivity index is 0.000000170. The third kappa shape index (κ3) is 8.75. The van der Waals surface area contributed by atoms with E-state index in [0.29, 0.717) is 45.4 Å². The van der Waals surface area contributed by atoms with E-state index in [0.717, 1.165) is 33.9 Å². The van der Waals surface area contributed by atoms with E-state index >= 15 is 0 Å². The predicted octanol–water partition coefficient (Wildman–Crippen LogP) is 9.29. The predicted molar refractivity (Wildman–Crippen MR) is 255 cm³/mol. The van der Waals surface area contributed by atoms with Crippen LogP contribution in [0.1, 0.15) is 48.7 Å². The van der Waals surface area contributed by atoms with Crippen LogP contribution in [0.15, 0.2) is 146 Å². The second kappa shape index (κ2) is 18.8. The first-order chi connectivity index (χ1) is 33.1. The number of halogens is 2. The van der Waals surface area contributed by atoms with Crippen molar-refractivity contribution in [1.82, 2.24) is 49.0 Å². The summed E-state index contributed by atoms with van der Waals surface area (Å²) in [6.45, 7) is 3.77. The second-order valence-corrected chi connectivity index (χ2v) is 15.3. The van der Waals surface area contributed by atoms with Gasteiger partial charge in [0.2, 0.25) is 0 Å². The molecule has 10 aromatic rings. The normalized spacial score (nSPS) is 11.8. The zero-order valence-electron chi connectivity index (χ0n) is 36.3. The van der Waals surface area contributed by atoms with Gasteiger partial charge in [-0.3, -0.25) is 19.1 Å². The van der Waals surface area contributed by atoms with Crippen molar-refractivity contribution in [2.24, 2.45) is 0 Å². The molecule has 0 aliphatic rings. The molecular formula is C50H38F2N16. The van der Waals surface area contributed by atoms with Crippen LogP contribution in [0.4, 0.5) is 32.1 Å². The molecule has 0 radical (unpaired) electrons. The van der Waals surface area contributed by atoms with Crippen molar-refractivity contribution in [3.63, 3.8) is 0 Å². The van der Waals surface area contributed by atoms with Crippen molar-refractivity contribution in [2.75, 3.05) is 22.1 Å². The molecule has 6 aromatic heterocycles. The van der Waals surface area contributed by atoms with Gasteiger partial charge in [-0.1, -0.05) is 36.4 Å². The average Bonchev–Trinajstić information content (AvgIpc) is 3.94. The fourth-order valence-corrected chi connectivity index (χ4v) is 7.71. The van der Waals surface area contributed by atoms with E-state index in [-0.39, 0.29) is 34.4 Å². The van der Waals surface area contributed by atoms with Crippen molar-refractivity contribution in [2.45, 2.75) is 25.9 Å². The minimum absolute atomic E-state index is 0.0887. The molecule has 0 aliphatic heterocycles. The number of imidazole rings is 2. The number of aromatic nitrogens is 10. The quantitative estimate of drug-likeness (QED) is 0.100. The topological polar surface area (TPSA) is 237 Å². The first-order valence-corrected chi connectivity index (χ1v) is 21.0. The molecule has 0 bridgehead atoms. The van der Waals surface area contributed by atoms with Gasteiger partial charge in [0.15, 0.2) is 0 Å². The van der Waals surface area contributed by atoms with Gasteiger partial charge in [0.1, 0.15) is 82.5 Å². The van der Waals surface area contributed by atoms with Crippen LogP contribution in [-0.2, 0) is 0 Å². The number of nitrogens with one attached hydrogen (secondary N) is 2. The van der Waals surface area contributed by atoms with Gasteiger partial charge in [0.25, 0.3) is 0 Å². The highest BCUT2D eigenvalue weighted by atomic mass is 19.1. The third-order valence-corrected chi connectivity index (χ3v) is 10.9. The lowest BCUT2D eigenvalue weighted by atomic mass is 10.1. The van der Waals surface area contributed by atoms with E-state index in [2.05, 4.69) is 40.5 Å². The Morgan fingerprint density at radius 2 is 0.971 bits per heavy atom. The molecule has 68 heavy (non-hydrogen) atoms. The smallest absolute Gasteiger partial charge is 0.150 e. The summed E-state index contributed by atoms with van der Waals surface area (Å²) in [6, 6.07) is 39.2. The second-order valence-electron chi connectivity index (χ2n) is 15.3. The molecule has 0 saturated heterocycles. The monoisotopic (exact) mass is 900 g/mol. The maximum Gasteiger partial charge on any atom is 0.150 e. The van der Waals surface area contributed by atoms with E-state index in [1.807, 2.05) is 120 Å². The number of nitriles is 2. The lowest BCUT2D eigenvalue weighted by Gasteiger charge is -2.18. The van der Waals surface area contributed by atoms with Crippen LogP contribution in [0.25, 0.3) is 56.0 Å². The molecule has 18 heteroatoms. The van der Waals surface area contributed by atoms with E-state index in [4.69, 9.17) is 21.4 Å². The first-order valence-electron chi connectivity index (χ1n) is 21.0. The first kappa shape index (κ1) is 43.6. The van der Waals surface area contributed by atoms with Gasteiger partial charge in [-0.15, -0.1) is 0 Å². The molecule has 0 aliphatic carbocycles. The largest absolute Gasteiger partial charge is 0.382 e. The molecule has 16 nitrogen and oxygen atoms in total. The minimum Gasteiger partial charge on any atom is -0.382 e. The molecule has 4 aromatic carbocycles. The maximum atomic E-state index is 14.2. The van der Waals surface area contributed by atoms with Crippen molar-refractivity contribution in [3.8, 4) is 46.0 Å². The summed E-state index contributed by atoms with van der Waals surface area (Å²) in [5.41, 5.74) is 19.5. The zero-order valence-corrected chi connectivity index (χ0v) is 36.3. The number of nitrogens with zero attached hydrogens (tertiary/aromatic N) is 12. The van der Waals surface area contributed by atoms with E-state index in [1.54, 1.807) is 24.5 Å². The van der Waals surface area contributed by atoms with Gasteiger partial charge in [-0.05, 0) is 86.6 Å². The highest BCUT2D eigenvalue weighted by Gasteiger charge is 2.23. The molecule has 6 N–H and O–H groups in total. The van der Waals surface area contributed by atoms with Crippen molar-refractivity contribution < 1.29 is 8.78 Å². The summed E-state index contributed by atoms with van der Waals surface area (Å²) in [7, 11) is 0. The summed E-state index contributed by atoms with van der Waals surface area (Å²) >= 11 is 0. The molecule has 332 valence electrons. The SMILES string of the molecule is C[C@@H](Nc1ncnc(N)c1C#N)c1nc2ccc(F)cc2n1-c1cccc(-c2ccccn2)c1.C[C@H](Nc1ncnc(N)c1C#N)c1nc2ccc(F)cc2n1-c1cccc(-c2ccccn2)c1. The number of benzene rings is 4. The van der Waals surface area contributed by atoms with Crippen LogP contribution < -0.4 is 22.1 Å². The molecular weight excluding hydrogens is 863 g/mol. The van der Waals surface area contributed by atoms with Crippen molar-refractivity contribution in [3.05, 3.63) is 181 Å². The molecule has 0 spiro atoms. The number of hydrogen-bond donors (Lipinski definition) is 4. The molecule has 0 fully saturated rings. The average molecular weight is 901 g/mol. The summed E-state index contributed by atoms with van der Waals surface area (Å²) in [4.78, 5) is 34.5. The summed E-state index contributed by atoms with van der Waals surface area (Å²) in [6.07, 6.45) is 6.06. The molecule has 0 unspecified atom stereocenters. The highest BCUT2D eigenvalue weighted by Crippen LogP contribution is 2.33. The van der Waals surface area contributed by atoms with E-state index < -0.39 is 12.1 Å².